The molecule has 0 aliphatic heterocycles. The molecule has 12 aromatic rings. The molecule has 13 rings (SSSR count). The van der Waals surface area contributed by atoms with Crippen LogP contribution in [0.25, 0.3) is 95.0 Å². The van der Waals surface area contributed by atoms with Crippen molar-refractivity contribution < 1.29 is 7.85 Å². The molecule has 1 N–H and O–H groups in total. The highest BCUT2D eigenvalue weighted by Gasteiger charge is 2.31. The number of pyridine rings is 1. The Balaban J connectivity index is 1.00. The summed E-state index contributed by atoms with van der Waals surface area (Å²) in [5, 5.41) is 12.9. The zero-order valence-corrected chi connectivity index (χ0v) is 47.0. The van der Waals surface area contributed by atoms with Gasteiger partial charge in [-0.1, -0.05) is 247 Å². The molecule has 1 aliphatic rings. The molecule has 1 aliphatic carbocycles. The van der Waals surface area contributed by atoms with Crippen molar-refractivity contribution in [2.45, 2.75) is 70.6 Å². The van der Waals surface area contributed by atoms with E-state index in [-0.39, 0.29) is 22.5 Å². The van der Waals surface area contributed by atoms with Crippen LogP contribution in [-0.4, -0.2) is 19.6 Å². The third-order valence-electron chi connectivity index (χ3n) is 16.9. The van der Waals surface area contributed by atoms with E-state index in [2.05, 4.69) is 214 Å². The molecule has 400 valence electrons. The van der Waals surface area contributed by atoms with E-state index in [0.29, 0.717) is 22.5 Å². The molecule has 0 bridgehead atoms. The number of fused-ring (bicyclic) bond motifs is 1. The number of phenols is 1. The highest BCUT2D eigenvalue weighted by molar-refractivity contribution is 5.99. The molecule has 0 atom stereocenters. The van der Waals surface area contributed by atoms with Crippen molar-refractivity contribution in [2.75, 3.05) is 0 Å². The number of imidazole rings is 1. The Morgan fingerprint density at radius 3 is 1.65 bits per heavy atom. The molecule has 0 spiro atoms. The number of phenolic OH excluding ortho intramolecular Hbond substituents is 1. The Bertz CT molecular complexity index is 4280. The van der Waals surface area contributed by atoms with E-state index in [1.807, 2.05) is 79.0 Å². The van der Waals surface area contributed by atoms with Crippen molar-refractivity contribution >= 4 is 11.0 Å². The fraction of sp³-hybridized carbons (Fsp3) is 0.154. The molecule has 4 heteroatoms. The molecule has 10 aromatic carbocycles. The van der Waals surface area contributed by atoms with Gasteiger partial charge in [0, 0.05) is 36.6 Å². The average Bonchev–Trinajstić information content (AvgIpc) is 2.91. The number of aromatic hydroxyl groups is 1. The van der Waals surface area contributed by atoms with Gasteiger partial charge in [0.1, 0.15) is 11.6 Å². The Kier molecular flexibility index (Phi) is 13.3. The van der Waals surface area contributed by atoms with Gasteiger partial charge < -0.3 is 5.11 Å². The summed E-state index contributed by atoms with van der Waals surface area (Å²) in [4.78, 5) is 10.8. The molecule has 2 heterocycles. The van der Waals surface area contributed by atoms with Gasteiger partial charge in [0.05, 0.1) is 28.0 Å². The van der Waals surface area contributed by atoms with Crippen molar-refractivity contribution in [1.29, 1.82) is 0 Å². The minimum absolute atomic E-state index is 0.0617. The van der Waals surface area contributed by atoms with Crippen LogP contribution in [0.3, 0.4) is 0 Å². The number of benzene rings is 10. The van der Waals surface area contributed by atoms with E-state index in [0.717, 1.165) is 109 Å². The summed E-state index contributed by atoms with van der Waals surface area (Å²) < 4.78 is 21.5. The molecule has 2 aromatic heterocycles. The second-order valence-electron chi connectivity index (χ2n) is 23.2. The summed E-state index contributed by atoms with van der Waals surface area (Å²) in [7, 11) is 0. The molecular formula is C78H67N3O. The second-order valence-corrected chi connectivity index (χ2v) is 23.2. The lowest BCUT2D eigenvalue weighted by atomic mass is 9.71. The van der Waals surface area contributed by atoms with Crippen molar-refractivity contribution in [1.82, 2.24) is 14.5 Å². The highest BCUT2D eigenvalue weighted by atomic mass is 16.3. The molecule has 0 unspecified atom stereocenters. The average molecular weight is 1060 g/mol. The van der Waals surface area contributed by atoms with Crippen molar-refractivity contribution in [3.63, 3.8) is 0 Å². The quantitative estimate of drug-likeness (QED) is 0.117. The van der Waals surface area contributed by atoms with Crippen LogP contribution in [0.5, 0.6) is 5.75 Å². The number of aromatic nitrogens is 3. The first-order valence-electron chi connectivity index (χ1n) is 29.9. The largest absolute Gasteiger partial charge is 0.507 e. The lowest BCUT2D eigenvalue weighted by Crippen LogP contribution is -2.25. The summed E-state index contributed by atoms with van der Waals surface area (Å²) in [6.45, 7) is 9.08. The maximum atomic E-state index is 12.9. The molecule has 0 amide bonds. The van der Waals surface area contributed by atoms with Crippen molar-refractivity contribution in [3.05, 3.63) is 289 Å². The minimum Gasteiger partial charge on any atom is -0.507 e. The smallest absolute Gasteiger partial charge is 0.149 e. The monoisotopic (exact) mass is 1060 g/mol. The number of nitrogens with zero attached hydrogens (tertiary/aromatic N) is 3. The summed E-state index contributed by atoms with van der Waals surface area (Å²) >= 11 is 0. The standard InChI is InChI=1S/C78H67N3O/c1-77(2,3)66-48-61(47-62(49-66)71-52-59(43-44-79-71)56-38-40-65(41-39-56)78(4,63-31-16-8-17-32-63)64-33-18-9-19-34-64)67-35-22-36-73-74(67)80-76(70-51-60(55-25-10-5-11-26-55)50-69(75(70)82)58-29-14-7-15-30-58)81(73)72-42-37-54(45-53-23-20-21-24-53)46-68(72)57-27-12-6-13-28-57/h5-19,22,25-44,46-53,82H,20-21,23-24,45H2,1-4H3/i45D2. The predicted molar refractivity (Wildman–Crippen MR) is 341 cm³/mol. The van der Waals surface area contributed by atoms with Crippen LogP contribution in [0.2, 0.25) is 0 Å². The first-order valence-corrected chi connectivity index (χ1v) is 28.9. The Labute approximate surface area is 486 Å². The van der Waals surface area contributed by atoms with Gasteiger partial charge in [-0.25, -0.2) is 4.98 Å². The third kappa shape index (κ3) is 10.0. The first-order chi connectivity index (χ1) is 40.8. The van der Waals surface area contributed by atoms with Crippen LogP contribution in [0.1, 0.15) is 83.9 Å². The lowest BCUT2D eigenvalue weighted by Gasteiger charge is -2.32. The van der Waals surface area contributed by atoms with E-state index in [1.165, 1.54) is 16.7 Å². The zero-order valence-electron chi connectivity index (χ0n) is 49.0. The summed E-state index contributed by atoms with van der Waals surface area (Å²) in [5.74, 6) is 0.621. The Morgan fingerprint density at radius 2 is 1.01 bits per heavy atom. The van der Waals surface area contributed by atoms with Gasteiger partial charge in [-0.3, -0.25) is 9.55 Å². The Morgan fingerprint density at radius 1 is 0.451 bits per heavy atom. The van der Waals surface area contributed by atoms with E-state index in [4.69, 9.17) is 9.97 Å². The van der Waals surface area contributed by atoms with E-state index >= 15 is 0 Å². The normalized spacial score (nSPS) is 13.5. The fourth-order valence-electron chi connectivity index (χ4n) is 12.3. The number of rotatable bonds is 13. The number of hydrogen-bond acceptors (Lipinski definition) is 3. The van der Waals surface area contributed by atoms with E-state index < -0.39 is 6.37 Å². The van der Waals surface area contributed by atoms with E-state index in [9.17, 15) is 7.85 Å². The van der Waals surface area contributed by atoms with Crippen LogP contribution in [-0.2, 0) is 17.2 Å². The summed E-state index contributed by atoms with van der Waals surface area (Å²) in [5.41, 5.74) is 19.3. The van der Waals surface area contributed by atoms with Gasteiger partial charge in [-0.2, -0.15) is 0 Å². The maximum Gasteiger partial charge on any atom is 0.149 e. The summed E-state index contributed by atoms with van der Waals surface area (Å²) in [6, 6.07) is 89.0. The number of hydrogen-bond donors (Lipinski definition) is 1. The SMILES string of the molecule is [2H]C([2H])(c1ccc(-n2c(-c3cc(-c4ccccc4)cc(-c4ccccc4)c3O)nc3c(-c4cc(-c5cc(-c6ccc(C(C)(c7ccccc7)c7ccccc7)cc6)ccn5)cc(C(C)(C)C)c4)cccc32)c(-c2ccccc2)c1)C1CCCC1. The summed E-state index contributed by atoms with van der Waals surface area (Å²) in [6.07, 6.45) is 4.21. The molecule has 0 radical (unpaired) electrons. The molecule has 1 saturated carbocycles. The van der Waals surface area contributed by atoms with Crippen molar-refractivity contribution in [3.8, 4) is 89.7 Å². The van der Waals surface area contributed by atoms with Crippen LogP contribution in [0.4, 0.5) is 0 Å². The van der Waals surface area contributed by atoms with Crippen LogP contribution in [0, 0.1) is 5.92 Å². The van der Waals surface area contributed by atoms with Crippen LogP contribution in [0.15, 0.2) is 261 Å². The number of para-hydroxylation sites is 1. The molecule has 4 nitrogen and oxygen atoms in total. The molecule has 1 fully saturated rings. The minimum atomic E-state index is -1.53. The molecular weight excluding hydrogens is 995 g/mol. The second kappa shape index (κ2) is 21.9. The van der Waals surface area contributed by atoms with Crippen molar-refractivity contribution in [2.24, 2.45) is 5.92 Å². The van der Waals surface area contributed by atoms with Gasteiger partial charge in [0.2, 0.25) is 0 Å². The van der Waals surface area contributed by atoms with Gasteiger partial charge in [-0.05, 0) is 146 Å². The van der Waals surface area contributed by atoms with Gasteiger partial charge in [0.15, 0.2) is 0 Å². The third-order valence-corrected chi connectivity index (χ3v) is 16.9. The zero-order chi connectivity index (χ0) is 57.6. The maximum absolute atomic E-state index is 12.9. The van der Waals surface area contributed by atoms with Crippen LogP contribution >= 0.6 is 0 Å². The van der Waals surface area contributed by atoms with Gasteiger partial charge in [-0.15, -0.1) is 0 Å². The predicted octanol–water partition coefficient (Wildman–Crippen LogP) is 20.2. The first kappa shape index (κ1) is 49.6. The highest BCUT2D eigenvalue weighted by Crippen LogP contribution is 2.47. The van der Waals surface area contributed by atoms with Crippen LogP contribution < -0.4 is 0 Å². The van der Waals surface area contributed by atoms with Gasteiger partial charge in [0.25, 0.3) is 0 Å². The fourth-order valence-corrected chi connectivity index (χ4v) is 12.3. The molecule has 0 saturated heterocycles. The topological polar surface area (TPSA) is 50.9 Å². The van der Waals surface area contributed by atoms with E-state index in [1.54, 1.807) is 0 Å². The molecule has 82 heavy (non-hydrogen) atoms. The lowest BCUT2D eigenvalue weighted by molar-refractivity contribution is 0.479. The Hall–Kier alpha value is -9.38. The van der Waals surface area contributed by atoms with Gasteiger partial charge >= 0.3 is 0 Å².